The second-order valence-electron chi connectivity index (χ2n) is 3.33. The number of carbonyl (C=O) groups is 1. The van der Waals surface area contributed by atoms with Crippen LogP contribution in [0.4, 0.5) is 4.79 Å². The van der Waals surface area contributed by atoms with E-state index in [0.29, 0.717) is 5.39 Å². The third-order valence-corrected chi connectivity index (χ3v) is 2.91. The summed E-state index contributed by atoms with van der Waals surface area (Å²) in [6.45, 7) is 0. The smallest absolute Gasteiger partial charge is 0.744 e. The molecule has 0 fully saturated rings. The van der Waals surface area contributed by atoms with Crippen molar-refractivity contribution >= 4 is 26.9 Å². The Morgan fingerprint density at radius 3 is 2.00 bits per heavy atom. The van der Waals surface area contributed by atoms with Crippen molar-refractivity contribution in [3.63, 3.8) is 0 Å². The number of rotatable bonds is 1. The summed E-state index contributed by atoms with van der Waals surface area (Å²) >= 11 is 0. The molecule has 0 aliphatic heterocycles. The third-order valence-electron chi connectivity index (χ3n) is 2.02. The van der Waals surface area contributed by atoms with Crippen LogP contribution in [0.1, 0.15) is 0 Å². The molecule has 0 heterocycles. The Kier molecular flexibility index (Phi) is 7.02. The molecule has 0 unspecified atom stereocenters. The second-order valence-corrected chi connectivity index (χ2v) is 4.68. The first-order valence-corrected chi connectivity index (χ1v) is 6.22. The summed E-state index contributed by atoms with van der Waals surface area (Å²) in [6.07, 6.45) is 0. The van der Waals surface area contributed by atoms with Gasteiger partial charge in [0.05, 0.1) is 4.90 Å². The maximum atomic E-state index is 10.9. The molecule has 2 aromatic carbocycles. The largest absolute Gasteiger partial charge is 1.00 e. The molecule has 19 heavy (non-hydrogen) atoms. The van der Waals surface area contributed by atoms with Crippen LogP contribution in [-0.2, 0) is 10.1 Å². The standard InChI is InChI=1S/C10H8O3S.CH4N2O.Na/c11-14(12,13)10-7-3-5-8-4-1-2-6-9(8)10;2-1(3)4;/h1-7H,(H,11,12,13);(H4,2,3,4);/q;;+1/p-1. The number of primary amides is 2. The number of amides is 2. The van der Waals surface area contributed by atoms with E-state index < -0.39 is 16.1 Å². The molecule has 96 valence electrons. The van der Waals surface area contributed by atoms with Crippen LogP contribution in [0.3, 0.4) is 0 Å². The van der Waals surface area contributed by atoms with Gasteiger partial charge in [0.2, 0.25) is 0 Å². The van der Waals surface area contributed by atoms with Crippen molar-refractivity contribution in [2.24, 2.45) is 11.5 Å². The van der Waals surface area contributed by atoms with E-state index in [1.807, 2.05) is 0 Å². The van der Waals surface area contributed by atoms with Crippen LogP contribution < -0.4 is 41.0 Å². The molecule has 0 radical (unpaired) electrons. The fraction of sp³-hybridized carbons (Fsp3) is 0. The Morgan fingerprint density at radius 2 is 1.47 bits per heavy atom. The van der Waals surface area contributed by atoms with Gasteiger partial charge in [0.25, 0.3) is 0 Å². The Bertz CT molecular complexity index is 664. The van der Waals surface area contributed by atoms with Gasteiger partial charge in [0.15, 0.2) is 0 Å². The second kappa shape index (κ2) is 7.46. The minimum Gasteiger partial charge on any atom is -0.744 e. The molecular formula is C11H11N2NaO4S. The summed E-state index contributed by atoms with van der Waals surface area (Å²) < 4.78 is 32.7. The molecule has 0 saturated carbocycles. The fourth-order valence-electron chi connectivity index (χ4n) is 1.41. The van der Waals surface area contributed by atoms with Gasteiger partial charge in [-0.3, -0.25) is 0 Å². The molecule has 0 aliphatic rings. The van der Waals surface area contributed by atoms with E-state index in [-0.39, 0.29) is 34.5 Å². The number of nitrogens with two attached hydrogens (primary N) is 2. The fourth-order valence-corrected chi connectivity index (χ4v) is 2.11. The van der Waals surface area contributed by atoms with E-state index in [1.54, 1.807) is 36.4 Å². The summed E-state index contributed by atoms with van der Waals surface area (Å²) in [4.78, 5) is 8.84. The number of hydrogen-bond donors (Lipinski definition) is 2. The van der Waals surface area contributed by atoms with E-state index in [9.17, 15) is 13.0 Å². The topological polar surface area (TPSA) is 126 Å². The van der Waals surface area contributed by atoms with Gasteiger partial charge in [-0.2, -0.15) is 0 Å². The molecule has 0 saturated heterocycles. The zero-order chi connectivity index (χ0) is 13.8. The molecule has 0 aromatic heterocycles. The van der Waals surface area contributed by atoms with Crippen molar-refractivity contribution in [3.8, 4) is 0 Å². The Morgan fingerprint density at radius 1 is 1.00 bits per heavy atom. The maximum absolute atomic E-state index is 10.9. The first kappa shape index (κ1) is 17.9. The number of hydrogen-bond acceptors (Lipinski definition) is 4. The molecule has 2 aromatic rings. The van der Waals surface area contributed by atoms with Gasteiger partial charge in [0, 0.05) is 0 Å². The zero-order valence-electron chi connectivity index (χ0n) is 10.2. The van der Waals surface area contributed by atoms with Crippen molar-refractivity contribution < 1.29 is 47.3 Å². The van der Waals surface area contributed by atoms with Gasteiger partial charge < -0.3 is 16.0 Å². The molecule has 2 rings (SSSR count). The molecule has 2 amide bonds. The summed E-state index contributed by atoms with van der Waals surface area (Å²) in [7, 11) is -4.38. The zero-order valence-corrected chi connectivity index (χ0v) is 13.1. The van der Waals surface area contributed by atoms with Crippen LogP contribution in [0.15, 0.2) is 47.4 Å². The SMILES string of the molecule is NC(N)=O.O=S(=O)([O-])c1cccc2ccccc12.[Na+]. The van der Waals surface area contributed by atoms with Crippen molar-refractivity contribution in [1.29, 1.82) is 0 Å². The molecule has 0 aliphatic carbocycles. The number of benzene rings is 2. The molecule has 4 N–H and O–H groups in total. The first-order valence-electron chi connectivity index (χ1n) is 4.81. The first-order chi connectivity index (χ1) is 8.32. The normalized spacial score (nSPS) is 9.95. The Balaban J connectivity index is 0.000000576. The van der Waals surface area contributed by atoms with Crippen molar-refractivity contribution in [1.82, 2.24) is 0 Å². The van der Waals surface area contributed by atoms with Gasteiger partial charge in [-0.25, -0.2) is 13.2 Å². The minimum atomic E-state index is -4.38. The summed E-state index contributed by atoms with van der Waals surface area (Å²) in [5.41, 5.74) is 8.50. The summed E-state index contributed by atoms with van der Waals surface area (Å²) in [6, 6.07) is 10.7. The minimum absolute atomic E-state index is 0. The van der Waals surface area contributed by atoms with Crippen LogP contribution >= 0.6 is 0 Å². The van der Waals surface area contributed by atoms with E-state index in [0.717, 1.165) is 5.39 Å². The van der Waals surface area contributed by atoms with Crippen molar-refractivity contribution in [2.75, 3.05) is 0 Å². The van der Waals surface area contributed by atoms with Gasteiger partial charge in [-0.15, -0.1) is 0 Å². The Hall–Kier alpha value is -1.12. The van der Waals surface area contributed by atoms with E-state index in [2.05, 4.69) is 11.5 Å². The van der Waals surface area contributed by atoms with E-state index >= 15 is 0 Å². The monoisotopic (exact) mass is 290 g/mol. The van der Waals surface area contributed by atoms with Crippen molar-refractivity contribution in [3.05, 3.63) is 42.5 Å². The molecule has 0 atom stereocenters. The molecule has 0 spiro atoms. The third kappa shape index (κ3) is 5.58. The Labute approximate surface area is 132 Å². The average Bonchev–Trinajstić information content (AvgIpc) is 2.26. The van der Waals surface area contributed by atoms with E-state index in [4.69, 9.17) is 4.79 Å². The number of fused-ring (bicyclic) bond motifs is 1. The van der Waals surface area contributed by atoms with Crippen molar-refractivity contribution in [2.45, 2.75) is 4.90 Å². The molecular weight excluding hydrogens is 279 g/mol. The van der Waals surface area contributed by atoms with Crippen LogP contribution in [0.25, 0.3) is 10.8 Å². The average molecular weight is 290 g/mol. The van der Waals surface area contributed by atoms with Gasteiger partial charge in [-0.05, 0) is 16.8 Å². The molecule has 6 nitrogen and oxygen atoms in total. The van der Waals surface area contributed by atoms with Gasteiger partial charge >= 0.3 is 35.6 Å². The quantitative estimate of drug-likeness (QED) is 0.455. The summed E-state index contributed by atoms with van der Waals surface area (Å²) in [5.74, 6) is 0. The van der Waals surface area contributed by atoms with E-state index in [1.165, 1.54) is 6.07 Å². The van der Waals surface area contributed by atoms with Crippen LogP contribution in [0, 0.1) is 0 Å². The van der Waals surface area contributed by atoms with Gasteiger partial charge in [0.1, 0.15) is 10.1 Å². The van der Waals surface area contributed by atoms with Crippen LogP contribution in [-0.4, -0.2) is 19.0 Å². The van der Waals surface area contributed by atoms with Crippen LogP contribution in [0.2, 0.25) is 0 Å². The summed E-state index contributed by atoms with van der Waals surface area (Å²) in [5, 5.41) is 1.23. The predicted octanol–water partition coefficient (Wildman–Crippen LogP) is -2.23. The molecule has 0 bridgehead atoms. The van der Waals surface area contributed by atoms with Crippen LogP contribution in [0.5, 0.6) is 0 Å². The number of urea groups is 1. The predicted molar refractivity (Wildman–Crippen MR) is 65.7 cm³/mol. The van der Waals surface area contributed by atoms with Gasteiger partial charge in [-0.1, -0.05) is 36.4 Å². The molecule has 8 heteroatoms. The number of carbonyl (C=O) groups excluding carboxylic acids is 1. The maximum Gasteiger partial charge on any atom is 1.00 e.